The van der Waals surface area contributed by atoms with E-state index in [9.17, 15) is 9.59 Å². The summed E-state index contributed by atoms with van der Waals surface area (Å²) in [6.45, 7) is 0.375. The fourth-order valence-corrected chi connectivity index (χ4v) is 4.46. The topological polar surface area (TPSA) is 49.4 Å². The van der Waals surface area contributed by atoms with Crippen LogP contribution in [0.4, 0.5) is 4.79 Å². The Hall–Kier alpha value is -0.910. The second-order valence-electron chi connectivity index (χ2n) is 5.60. The zero-order valence-corrected chi connectivity index (χ0v) is 14.2. The molecule has 3 amide bonds. The lowest BCUT2D eigenvalue weighted by molar-refractivity contribution is -0.130. The number of nitrogens with one attached hydrogen (secondary N) is 1. The van der Waals surface area contributed by atoms with Crippen LogP contribution in [0.5, 0.6) is 0 Å². The molecule has 1 aliphatic carbocycles. The molecule has 2 fully saturated rings. The molecule has 22 heavy (non-hydrogen) atoms. The van der Waals surface area contributed by atoms with Gasteiger partial charge in [0.2, 0.25) is 0 Å². The molecule has 0 unspecified atom stereocenters. The molecule has 1 heterocycles. The van der Waals surface area contributed by atoms with Gasteiger partial charge in [0.05, 0.1) is 5.02 Å². The van der Waals surface area contributed by atoms with Crippen LogP contribution in [0.3, 0.4) is 0 Å². The molecule has 0 bridgehead atoms. The molecular weight excluding hydrogens is 343 g/mol. The Morgan fingerprint density at radius 2 is 1.95 bits per heavy atom. The van der Waals surface area contributed by atoms with Gasteiger partial charge in [0.25, 0.3) is 5.91 Å². The number of amides is 3. The number of hydrogen-bond acceptors (Lipinski definition) is 3. The van der Waals surface area contributed by atoms with Crippen LogP contribution in [-0.2, 0) is 4.79 Å². The summed E-state index contributed by atoms with van der Waals surface area (Å²) >= 11 is 13.6. The molecule has 2 aliphatic rings. The first-order valence-electron chi connectivity index (χ1n) is 7.24. The molecule has 3 rings (SSSR count). The van der Waals surface area contributed by atoms with Gasteiger partial charge in [-0.05, 0) is 31.0 Å². The number of halogens is 2. The largest absolute Gasteiger partial charge is 0.325 e. The number of imide groups is 1. The lowest BCUT2D eigenvalue weighted by Gasteiger charge is -2.19. The van der Waals surface area contributed by atoms with E-state index in [1.54, 1.807) is 18.2 Å². The summed E-state index contributed by atoms with van der Waals surface area (Å²) in [6, 6.07) is 4.99. The molecule has 0 radical (unpaired) electrons. The van der Waals surface area contributed by atoms with E-state index in [0.29, 0.717) is 22.3 Å². The van der Waals surface area contributed by atoms with Crippen molar-refractivity contribution in [1.29, 1.82) is 0 Å². The number of thioether (sulfide) groups is 1. The molecule has 4 nitrogen and oxygen atoms in total. The Labute approximate surface area is 143 Å². The van der Waals surface area contributed by atoms with Gasteiger partial charge in [0.1, 0.15) is 5.54 Å². The van der Waals surface area contributed by atoms with E-state index in [1.165, 1.54) is 16.7 Å². The van der Waals surface area contributed by atoms with Crippen molar-refractivity contribution in [2.45, 2.75) is 36.1 Å². The lowest BCUT2D eigenvalue weighted by atomic mass is 9.98. The Kier molecular flexibility index (Phi) is 4.57. The monoisotopic (exact) mass is 358 g/mol. The van der Waals surface area contributed by atoms with Crippen molar-refractivity contribution in [3.8, 4) is 0 Å². The van der Waals surface area contributed by atoms with Crippen LogP contribution in [0, 0.1) is 0 Å². The van der Waals surface area contributed by atoms with Gasteiger partial charge in [-0.3, -0.25) is 9.69 Å². The van der Waals surface area contributed by atoms with Crippen molar-refractivity contribution in [3.05, 3.63) is 28.2 Å². The third-order valence-corrected chi connectivity index (χ3v) is 5.88. The zero-order valence-electron chi connectivity index (χ0n) is 11.9. The van der Waals surface area contributed by atoms with Gasteiger partial charge in [0.15, 0.2) is 0 Å². The van der Waals surface area contributed by atoms with Crippen LogP contribution in [-0.4, -0.2) is 34.7 Å². The Bertz CT molecular complexity index is 618. The van der Waals surface area contributed by atoms with E-state index in [2.05, 4.69) is 5.32 Å². The molecule has 1 aromatic carbocycles. The lowest BCUT2D eigenvalue weighted by Crippen LogP contribution is -2.44. The van der Waals surface area contributed by atoms with Gasteiger partial charge in [0, 0.05) is 22.2 Å². The smallest absolute Gasteiger partial charge is 0.323 e. The average molecular weight is 359 g/mol. The quantitative estimate of drug-likeness (QED) is 0.654. The molecule has 1 spiro atoms. The highest BCUT2D eigenvalue weighted by Crippen LogP contribution is 2.35. The first-order chi connectivity index (χ1) is 10.5. The van der Waals surface area contributed by atoms with Gasteiger partial charge in [-0.2, -0.15) is 0 Å². The summed E-state index contributed by atoms with van der Waals surface area (Å²) in [5, 5.41) is 4.12. The number of carbonyl (C=O) groups is 2. The minimum absolute atomic E-state index is 0.0761. The number of urea groups is 1. The average Bonchev–Trinajstić information content (AvgIpc) is 3.03. The Balaban J connectivity index is 1.61. The molecule has 7 heteroatoms. The van der Waals surface area contributed by atoms with Crippen LogP contribution in [0.25, 0.3) is 0 Å². The van der Waals surface area contributed by atoms with Gasteiger partial charge >= 0.3 is 6.03 Å². The fraction of sp³-hybridized carbons (Fsp3) is 0.467. The molecule has 1 aromatic rings. The van der Waals surface area contributed by atoms with Gasteiger partial charge in [-0.1, -0.05) is 36.0 Å². The maximum Gasteiger partial charge on any atom is 0.325 e. The van der Waals surface area contributed by atoms with Gasteiger partial charge < -0.3 is 5.32 Å². The first-order valence-corrected chi connectivity index (χ1v) is 8.98. The van der Waals surface area contributed by atoms with E-state index in [1.807, 2.05) is 0 Å². The molecular formula is C15H16Cl2N2O2S. The third-order valence-electron chi connectivity index (χ3n) is 4.17. The molecule has 0 atom stereocenters. The van der Waals surface area contributed by atoms with Crippen molar-refractivity contribution in [2.75, 3.05) is 12.3 Å². The number of carbonyl (C=O) groups excluding carboxylic acids is 2. The van der Waals surface area contributed by atoms with Crippen molar-refractivity contribution < 1.29 is 9.59 Å². The summed E-state index contributed by atoms with van der Waals surface area (Å²) in [7, 11) is 0. The van der Waals surface area contributed by atoms with E-state index in [4.69, 9.17) is 23.2 Å². The number of hydrogen-bond donors (Lipinski definition) is 1. The number of nitrogens with zero attached hydrogens (tertiary/aromatic N) is 1. The van der Waals surface area contributed by atoms with E-state index in [-0.39, 0.29) is 11.9 Å². The maximum absolute atomic E-state index is 12.5. The minimum Gasteiger partial charge on any atom is -0.323 e. The van der Waals surface area contributed by atoms with E-state index < -0.39 is 5.54 Å². The molecule has 0 aromatic heterocycles. The Morgan fingerprint density at radius 3 is 2.68 bits per heavy atom. The predicted octanol–water partition coefficient (Wildman–Crippen LogP) is 3.95. The predicted molar refractivity (Wildman–Crippen MR) is 88.6 cm³/mol. The number of benzene rings is 1. The zero-order chi connectivity index (χ0) is 15.7. The summed E-state index contributed by atoms with van der Waals surface area (Å²) in [5.41, 5.74) is -0.630. The van der Waals surface area contributed by atoms with Crippen LogP contribution < -0.4 is 5.32 Å². The molecule has 1 N–H and O–H groups in total. The Morgan fingerprint density at radius 1 is 1.23 bits per heavy atom. The summed E-state index contributed by atoms with van der Waals surface area (Å²) in [5.74, 6) is 0.516. The second kappa shape index (κ2) is 6.30. The van der Waals surface area contributed by atoms with Crippen molar-refractivity contribution in [1.82, 2.24) is 10.2 Å². The maximum atomic E-state index is 12.5. The van der Waals surface area contributed by atoms with Crippen molar-refractivity contribution in [2.24, 2.45) is 0 Å². The summed E-state index contributed by atoms with van der Waals surface area (Å²) in [6.07, 6.45) is 3.49. The molecule has 1 saturated heterocycles. The standard InChI is InChI=1S/C15H16Cl2N2O2S/c16-10-3-4-11(17)12(9-10)22-8-7-19-13(20)15(18-14(19)21)5-1-2-6-15/h3-4,9H,1-2,5-8H2,(H,18,21). The van der Waals surface area contributed by atoms with Gasteiger partial charge in [-0.25, -0.2) is 4.79 Å². The number of rotatable bonds is 4. The fourth-order valence-electron chi connectivity index (χ4n) is 3.03. The molecule has 1 aliphatic heterocycles. The highest BCUT2D eigenvalue weighted by Gasteiger charge is 2.52. The third kappa shape index (κ3) is 2.94. The van der Waals surface area contributed by atoms with Crippen LogP contribution in [0.2, 0.25) is 10.0 Å². The second-order valence-corrected chi connectivity index (χ2v) is 7.58. The van der Waals surface area contributed by atoms with Crippen molar-refractivity contribution in [3.63, 3.8) is 0 Å². The SMILES string of the molecule is O=C1NC2(CCCC2)C(=O)N1CCSc1cc(Cl)ccc1Cl. The summed E-state index contributed by atoms with van der Waals surface area (Å²) < 4.78 is 0. The first kappa shape index (κ1) is 16.0. The summed E-state index contributed by atoms with van der Waals surface area (Å²) in [4.78, 5) is 26.7. The van der Waals surface area contributed by atoms with E-state index >= 15 is 0 Å². The van der Waals surface area contributed by atoms with Gasteiger partial charge in [-0.15, -0.1) is 11.8 Å². The highest BCUT2D eigenvalue weighted by atomic mass is 35.5. The van der Waals surface area contributed by atoms with Crippen LogP contribution in [0.15, 0.2) is 23.1 Å². The van der Waals surface area contributed by atoms with Crippen molar-refractivity contribution >= 4 is 46.9 Å². The normalized spacial score (nSPS) is 20.0. The molecule has 118 valence electrons. The van der Waals surface area contributed by atoms with E-state index in [0.717, 1.165) is 30.6 Å². The minimum atomic E-state index is -0.630. The highest BCUT2D eigenvalue weighted by molar-refractivity contribution is 7.99. The molecule has 1 saturated carbocycles. The van der Waals surface area contributed by atoms with Crippen LogP contribution in [0.1, 0.15) is 25.7 Å². The van der Waals surface area contributed by atoms with Crippen LogP contribution >= 0.6 is 35.0 Å².